The molecule has 3 aromatic rings. The van der Waals surface area contributed by atoms with Gasteiger partial charge in [-0.15, -0.1) is 32.9 Å². The predicted octanol–water partition coefficient (Wildman–Crippen LogP) is 5.34. The van der Waals surface area contributed by atoms with Crippen molar-refractivity contribution >= 4 is 51.3 Å². The molecule has 0 fully saturated rings. The standard InChI is InChI=1S/C23H28N4O3S3/c1-4-15-11-14(12-31-15)20-25-26-23(27(20)2)32-13-18(28)24-21-19(22(29)30-3)16-9-7-5-6-8-10-17(16)33-21/h11-12H,4-10,13H2,1-3H3,(H,24,28). The van der Waals surface area contributed by atoms with Crippen molar-refractivity contribution < 1.29 is 14.3 Å². The zero-order valence-corrected chi connectivity index (χ0v) is 21.6. The van der Waals surface area contributed by atoms with Crippen LogP contribution in [0, 0.1) is 0 Å². The van der Waals surface area contributed by atoms with E-state index in [1.54, 1.807) is 11.3 Å². The van der Waals surface area contributed by atoms with Gasteiger partial charge in [-0.3, -0.25) is 4.79 Å². The second-order valence-electron chi connectivity index (χ2n) is 7.97. The highest BCUT2D eigenvalue weighted by Crippen LogP contribution is 2.37. The van der Waals surface area contributed by atoms with Crippen molar-refractivity contribution in [3.63, 3.8) is 0 Å². The van der Waals surface area contributed by atoms with Crippen LogP contribution >= 0.6 is 34.4 Å². The molecule has 0 atom stereocenters. The fraction of sp³-hybridized carbons (Fsp3) is 0.478. The van der Waals surface area contributed by atoms with Gasteiger partial charge in [-0.25, -0.2) is 4.79 Å². The van der Waals surface area contributed by atoms with Gasteiger partial charge in [-0.1, -0.05) is 31.5 Å². The normalized spacial score (nSPS) is 13.8. The molecule has 176 valence electrons. The van der Waals surface area contributed by atoms with E-state index in [2.05, 4.69) is 33.9 Å². The summed E-state index contributed by atoms with van der Waals surface area (Å²) in [6, 6.07) is 2.13. The van der Waals surface area contributed by atoms with E-state index in [1.165, 1.54) is 52.8 Å². The molecule has 1 aliphatic rings. The highest BCUT2D eigenvalue weighted by Gasteiger charge is 2.26. The van der Waals surface area contributed by atoms with Gasteiger partial charge in [0.2, 0.25) is 5.91 Å². The van der Waals surface area contributed by atoms with E-state index in [1.807, 2.05) is 11.6 Å². The minimum Gasteiger partial charge on any atom is -0.465 e. The number of thiophene rings is 2. The van der Waals surface area contributed by atoms with Crippen LogP contribution in [-0.2, 0) is 35.8 Å². The quantitative estimate of drug-likeness (QED) is 0.345. The summed E-state index contributed by atoms with van der Waals surface area (Å²) < 4.78 is 6.96. The zero-order valence-electron chi connectivity index (χ0n) is 19.1. The fourth-order valence-corrected chi connectivity index (χ4v) is 6.81. The third-order valence-electron chi connectivity index (χ3n) is 5.74. The number of thioether (sulfide) groups is 1. The Balaban J connectivity index is 1.46. The number of nitrogens with zero attached hydrogens (tertiary/aromatic N) is 3. The van der Waals surface area contributed by atoms with Gasteiger partial charge in [-0.2, -0.15) is 0 Å². The van der Waals surface area contributed by atoms with E-state index < -0.39 is 0 Å². The van der Waals surface area contributed by atoms with Crippen molar-refractivity contribution in [2.75, 3.05) is 18.2 Å². The second kappa shape index (κ2) is 10.8. The number of carbonyl (C=O) groups is 2. The van der Waals surface area contributed by atoms with E-state index >= 15 is 0 Å². The summed E-state index contributed by atoms with van der Waals surface area (Å²) in [4.78, 5) is 27.8. The first-order valence-corrected chi connectivity index (χ1v) is 13.8. The average Bonchev–Trinajstić information content (AvgIpc) is 3.49. The molecule has 0 aliphatic heterocycles. The number of fused-ring (bicyclic) bond motifs is 1. The number of carbonyl (C=O) groups excluding carboxylic acids is 2. The molecule has 1 amide bonds. The summed E-state index contributed by atoms with van der Waals surface area (Å²) in [5.41, 5.74) is 2.62. The number of hydrogen-bond donors (Lipinski definition) is 1. The number of esters is 1. The Bertz CT molecular complexity index is 1150. The summed E-state index contributed by atoms with van der Waals surface area (Å²) in [5, 5.41) is 14.9. The molecule has 10 heteroatoms. The molecule has 0 saturated heterocycles. The molecule has 4 rings (SSSR count). The van der Waals surface area contributed by atoms with E-state index in [9.17, 15) is 9.59 Å². The number of rotatable bonds is 7. The molecule has 7 nitrogen and oxygen atoms in total. The molecule has 3 heterocycles. The highest BCUT2D eigenvalue weighted by molar-refractivity contribution is 7.99. The van der Waals surface area contributed by atoms with Crippen LogP contribution in [0.15, 0.2) is 16.6 Å². The fourth-order valence-electron chi connectivity index (χ4n) is 3.99. The Hall–Kier alpha value is -2.17. The van der Waals surface area contributed by atoms with Crippen LogP contribution in [0.3, 0.4) is 0 Å². The van der Waals surface area contributed by atoms with Crippen LogP contribution in [0.4, 0.5) is 5.00 Å². The van der Waals surface area contributed by atoms with Crippen LogP contribution in [0.25, 0.3) is 11.4 Å². The van der Waals surface area contributed by atoms with Crippen molar-refractivity contribution in [3.8, 4) is 11.4 Å². The van der Waals surface area contributed by atoms with Crippen LogP contribution in [0.5, 0.6) is 0 Å². The van der Waals surface area contributed by atoms with Gasteiger partial charge < -0.3 is 14.6 Å². The summed E-state index contributed by atoms with van der Waals surface area (Å²) >= 11 is 4.56. The van der Waals surface area contributed by atoms with E-state index in [0.29, 0.717) is 15.7 Å². The summed E-state index contributed by atoms with van der Waals surface area (Å²) in [6.45, 7) is 2.13. The van der Waals surface area contributed by atoms with E-state index in [0.717, 1.165) is 49.1 Å². The lowest BCUT2D eigenvalue weighted by Crippen LogP contribution is -2.16. The Morgan fingerprint density at radius 2 is 2.00 bits per heavy atom. The van der Waals surface area contributed by atoms with Gasteiger partial charge in [0.05, 0.1) is 18.4 Å². The van der Waals surface area contributed by atoms with Gasteiger partial charge in [-0.05, 0) is 43.7 Å². The molecule has 33 heavy (non-hydrogen) atoms. The topological polar surface area (TPSA) is 86.1 Å². The van der Waals surface area contributed by atoms with Crippen LogP contribution in [0.1, 0.15) is 58.3 Å². The molecule has 0 saturated carbocycles. The van der Waals surface area contributed by atoms with Gasteiger partial charge >= 0.3 is 5.97 Å². The maximum atomic E-state index is 12.8. The molecule has 0 unspecified atom stereocenters. The predicted molar refractivity (Wildman–Crippen MR) is 135 cm³/mol. The minimum atomic E-state index is -0.379. The van der Waals surface area contributed by atoms with Crippen molar-refractivity contribution in [2.24, 2.45) is 7.05 Å². The zero-order chi connectivity index (χ0) is 23.4. The van der Waals surface area contributed by atoms with Crippen molar-refractivity contribution in [1.82, 2.24) is 14.8 Å². The lowest BCUT2D eigenvalue weighted by molar-refractivity contribution is -0.113. The lowest BCUT2D eigenvalue weighted by atomic mass is 9.96. The number of nitrogens with one attached hydrogen (secondary N) is 1. The van der Waals surface area contributed by atoms with Crippen LogP contribution in [0.2, 0.25) is 0 Å². The summed E-state index contributed by atoms with van der Waals surface area (Å²) in [7, 11) is 3.30. The number of aryl methyl sites for hydroxylation is 2. The molecule has 0 radical (unpaired) electrons. The maximum Gasteiger partial charge on any atom is 0.341 e. The number of methoxy groups -OCH3 is 1. The SMILES string of the molecule is CCc1cc(-c2nnc(SCC(=O)Nc3sc4c(c3C(=O)OC)CCCCCC4)n2C)cs1. The molecule has 1 aliphatic carbocycles. The summed E-state index contributed by atoms with van der Waals surface area (Å²) in [6.07, 6.45) is 7.31. The maximum absolute atomic E-state index is 12.8. The number of hydrogen-bond acceptors (Lipinski definition) is 8. The minimum absolute atomic E-state index is 0.173. The molecule has 0 bridgehead atoms. The third kappa shape index (κ3) is 5.33. The number of amides is 1. The van der Waals surface area contributed by atoms with Gasteiger partial charge in [0.1, 0.15) is 5.00 Å². The first kappa shape index (κ1) is 24.0. The smallest absolute Gasteiger partial charge is 0.341 e. The van der Waals surface area contributed by atoms with Gasteiger partial charge in [0, 0.05) is 27.7 Å². The molecular weight excluding hydrogens is 476 g/mol. The first-order valence-electron chi connectivity index (χ1n) is 11.1. The van der Waals surface area contributed by atoms with E-state index in [-0.39, 0.29) is 17.6 Å². The molecular formula is C23H28N4O3S3. The Morgan fingerprint density at radius 1 is 1.21 bits per heavy atom. The first-order chi connectivity index (χ1) is 16.0. The largest absolute Gasteiger partial charge is 0.465 e. The van der Waals surface area contributed by atoms with Crippen molar-refractivity contribution in [3.05, 3.63) is 32.3 Å². The molecule has 3 aromatic heterocycles. The third-order valence-corrected chi connectivity index (χ3v) is 9.05. The average molecular weight is 505 g/mol. The molecule has 0 aromatic carbocycles. The monoisotopic (exact) mass is 504 g/mol. The van der Waals surface area contributed by atoms with Crippen LogP contribution in [-0.4, -0.2) is 39.5 Å². The van der Waals surface area contributed by atoms with Gasteiger partial charge in [0.15, 0.2) is 11.0 Å². The van der Waals surface area contributed by atoms with Crippen molar-refractivity contribution in [1.29, 1.82) is 0 Å². The van der Waals surface area contributed by atoms with Gasteiger partial charge in [0.25, 0.3) is 0 Å². The number of anilines is 1. The second-order valence-corrected chi connectivity index (χ2v) is 11.0. The molecule has 0 spiro atoms. The number of aromatic nitrogens is 3. The van der Waals surface area contributed by atoms with Crippen molar-refractivity contribution in [2.45, 2.75) is 57.0 Å². The summed E-state index contributed by atoms with van der Waals surface area (Å²) in [5.74, 6) is 0.419. The molecule has 1 N–H and O–H groups in total. The Morgan fingerprint density at radius 3 is 2.73 bits per heavy atom. The lowest BCUT2D eigenvalue weighted by Gasteiger charge is -2.11. The highest BCUT2D eigenvalue weighted by atomic mass is 32.2. The Labute approximate surface area is 206 Å². The number of ether oxygens (including phenoxy) is 1. The van der Waals surface area contributed by atoms with E-state index in [4.69, 9.17) is 4.74 Å². The Kier molecular flexibility index (Phi) is 7.87. The van der Waals surface area contributed by atoms with Crippen LogP contribution < -0.4 is 5.32 Å².